The highest BCUT2D eigenvalue weighted by molar-refractivity contribution is 5.86. The Kier molecular flexibility index (Phi) is 4.57. The van der Waals surface area contributed by atoms with Gasteiger partial charge in [-0.2, -0.15) is 0 Å². The Labute approximate surface area is 122 Å². The molecule has 21 heavy (non-hydrogen) atoms. The first-order valence-electron chi connectivity index (χ1n) is 6.82. The van der Waals surface area contributed by atoms with Gasteiger partial charge in [-0.05, 0) is 18.1 Å². The number of aromatic nitrogens is 1. The lowest BCUT2D eigenvalue weighted by Gasteiger charge is -2.16. The predicted molar refractivity (Wildman–Crippen MR) is 76.7 cm³/mol. The standard InChI is InChI=1S/C15H18N2O4/c1-9(2)11(15(19)20)8-16-14(18)7-12-10-5-3-4-6-13(10)21-17-12/h3-6,9,11H,7-8H2,1-2H3,(H,16,18)(H,19,20). The molecule has 0 saturated carbocycles. The number of para-hydroxylation sites is 1. The number of rotatable bonds is 6. The smallest absolute Gasteiger partial charge is 0.308 e. The number of carboxylic acid groups (broad SMARTS) is 1. The average molecular weight is 290 g/mol. The minimum atomic E-state index is -0.905. The second-order valence-electron chi connectivity index (χ2n) is 5.30. The summed E-state index contributed by atoms with van der Waals surface area (Å²) in [6, 6.07) is 7.29. The first-order chi connectivity index (χ1) is 9.99. The Hall–Kier alpha value is -2.37. The monoisotopic (exact) mass is 290 g/mol. The molecule has 0 radical (unpaired) electrons. The first kappa shape index (κ1) is 15.0. The molecule has 0 fully saturated rings. The highest BCUT2D eigenvalue weighted by Crippen LogP contribution is 2.18. The third-order valence-corrected chi connectivity index (χ3v) is 3.42. The molecule has 1 aromatic carbocycles. The summed E-state index contributed by atoms with van der Waals surface area (Å²) < 4.78 is 5.13. The zero-order valence-electron chi connectivity index (χ0n) is 12.0. The molecule has 112 valence electrons. The number of nitrogens with zero attached hydrogens (tertiary/aromatic N) is 1. The minimum absolute atomic E-state index is 0.0457. The van der Waals surface area contributed by atoms with Gasteiger partial charge >= 0.3 is 5.97 Å². The summed E-state index contributed by atoms with van der Waals surface area (Å²) in [5.41, 5.74) is 1.19. The van der Waals surface area contributed by atoms with E-state index in [0.29, 0.717) is 11.3 Å². The van der Waals surface area contributed by atoms with Crippen LogP contribution < -0.4 is 5.32 Å². The molecule has 2 aromatic rings. The van der Waals surface area contributed by atoms with E-state index < -0.39 is 11.9 Å². The number of fused-ring (bicyclic) bond motifs is 1. The molecule has 0 aliphatic heterocycles. The minimum Gasteiger partial charge on any atom is -0.481 e. The van der Waals surface area contributed by atoms with Crippen LogP contribution >= 0.6 is 0 Å². The van der Waals surface area contributed by atoms with Crippen LogP contribution in [-0.2, 0) is 16.0 Å². The Balaban J connectivity index is 1.97. The number of carbonyl (C=O) groups is 2. The maximum Gasteiger partial charge on any atom is 0.308 e. The van der Waals surface area contributed by atoms with Crippen LogP contribution in [-0.4, -0.2) is 28.7 Å². The Morgan fingerprint density at radius 2 is 2.05 bits per heavy atom. The van der Waals surface area contributed by atoms with Gasteiger partial charge in [-0.25, -0.2) is 0 Å². The number of benzene rings is 1. The van der Waals surface area contributed by atoms with Crippen molar-refractivity contribution < 1.29 is 19.2 Å². The summed E-state index contributed by atoms with van der Waals surface area (Å²) in [6.45, 7) is 3.74. The lowest BCUT2D eigenvalue weighted by atomic mass is 9.96. The van der Waals surface area contributed by atoms with Gasteiger partial charge in [0.2, 0.25) is 5.91 Å². The number of hydrogen-bond acceptors (Lipinski definition) is 4. The van der Waals surface area contributed by atoms with Crippen LogP contribution in [0.2, 0.25) is 0 Å². The quantitative estimate of drug-likeness (QED) is 0.847. The van der Waals surface area contributed by atoms with Gasteiger partial charge in [0.1, 0.15) is 5.69 Å². The van der Waals surface area contributed by atoms with E-state index in [1.807, 2.05) is 32.0 Å². The second-order valence-corrected chi connectivity index (χ2v) is 5.30. The maximum atomic E-state index is 11.9. The van der Waals surface area contributed by atoms with Crippen LogP contribution in [0.3, 0.4) is 0 Å². The van der Waals surface area contributed by atoms with Crippen LogP contribution in [0, 0.1) is 11.8 Å². The maximum absolute atomic E-state index is 11.9. The van der Waals surface area contributed by atoms with Crippen LogP contribution in [0.5, 0.6) is 0 Å². The molecule has 2 N–H and O–H groups in total. The van der Waals surface area contributed by atoms with Crippen LogP contribution in [0.25, 0.3) is 11.0 Å². The summed E-state index contributed by atoms with van der Waals surface area (Å²) >= 11 is 0. The third-order valence-electron chi connectivity index (χ3n) is 3.42. The van der Waals surface area contributed by atoms with Gasteiger partial charge in [0.15, 0.2) is 5.58 Å². The zero-order chi connectivity index (χ0) is 15.4. The molecule has 1 amide bonds. The second kappa shape index (κ2) is 6.39. The molecule has 0 aliphatic carbocycles. The van der Waals surface area contributed by atoms with Crippen LogP contribution in [0.1, 0.15) is 19.5 Å². The fraction of sp³-hybridized carbons (Fsp3) is 0.400. The number of nitrogens with one attached hydrogen (secondary N) is 1. The molecule has 1 unspecified atom stereocenters. The van der Waals surface area contributed by atoms with Crippen molar-refractivity contribution in [2.24, 2.45) is 11.8 Å². The number of amides is 1. The van der Waals surface area contributed by atoms with E-state index in [1.165, 1.54) is 0 Å². The summed E-state index contributed by atoms with van der Waals surface area (Å²) in [5, 5.41) is 16.4. The lowest BCUT2D eigenvalue weighted by Crippen LogP contribution is -2.36. The van der Waals surface area contributed by atoms with Gasteiger partial charge in [0, 0.05) is 11.9 Å². The molecule has 2 rings (SSSR count). The highest BCUT2D eigenvalue weighted by atomic mass is 16.5. The van der Waals surface area contributed by atoms with Crippen molar-refractivity contribution in [3.63, 3.8) is 0 Å². The zero-order valence-corrected chi connectivity index (χ0v) is 12.0. The number of carboxylic acids is 1. The topological polar surface area (TPSA) is 92.4 Å². The highest BCUT2D eigenvalue weighted by Gasteiger charge is 2.22. The van der Waals surface area contributed by atoms with Crippen molar-refractivity contribution in [3.8, 4) is 0 Å². The van der Waals surface area contributed by atoms with E-state index in [0.717, 1.165) is 5.39 Å². The largest absolute Gasteiger partial charge is 0.481 e. The van der Waals surface area contributed by atoms with Crippen LogP contribution in [0.15, 0.2) is 28.8 Å². The molecule has 1 aromatic heterocycles. The van der Waals surface area contributed by atoms with Gasteiger partial charge in [0.25, 0.3) is 0 Å². The summed E-state index contributed by atoms with van der Waals surface area (Å²) in [5.74, 6) is -1.81. The van der Waals surface area contributed by atoms with E-state index in [2.05, 4.69) is 10.5 Å². The lowest BCUT2D eigenvalue weighted by molar-refractivity contribution is -0.143. The van der Waals surface area contributed by atoms with Gasteiger partial charge in [0.05, 0.1) is 12.3 Å². The molecule has 1 atom stereocenters. The van der Waals surface area contributed by atoms with E-state index in [9.17, 15) is 9.59 Å². The molecule has 0 bridgehead atoms. The van der Waals surface area contributed by atoms with Gasteiger partial charge in [-0.3, -0.25) is 9.59 Å². The Morgan fingerprint density at radius 3 is 2.71 bits per heavy atom. The molecule has 0 aliphatic rings. The number of aliphatic carboxylic acids is 1. The molecule has 1 heterocycles. The molecule has 0 spiro atoms. The van der Waals surface area contributed by atoms with E-state index in [-0.39, 0.29) is 24.8 Å². The molecule has 6 heteroatoms. The van der Waals surface area contributed by atoms with Crippen molar-refractivity contribution in [3.05, 3.63) is 30.0 Å². The molecular formula is C15H18N2O4. The fourth-order valence-corrected chi connectivity index (χ4v) is 2.11. The van der Waals surface area contributed by atoms with E-state index in [4.69, 9.17) is 9.63 Å². The first-order valence-corrected chi connectivity index (χ1v) is 6.82. The SMILES string of the molecule is CC(C)C(CNC(=O)Cc1noc2ccccc12)C(=O)O. The van der Waals surface area contributed by atoms with E-state index in [1.54, 1.807) is 6.07 Å². The summed E-state index contributed by atoms with van der Waals surface area (Å²) in [7, 11) is 0. The molecule has 0 saturated heterocycles. The molecule has 6 nitrogen and oxygen atoms in total. The Morgan fingerprint density at radius 1 is 1.33 bits per heavy atom. The fourth-order valence-electron chi connectivity index (χ4n) is 2.11. The van der Waals surface area contributed by atoms with Crippen LogP contribution in [0.4, 0.5) is 0 Å². The molecular weight excluding hydrogens is 272 g/mol. The Bertz CT molecular complexity index is 648. The van der Waals surface area contributed by atoms with Crippen molar-refractivity contribution in [2.45, 2.75) is 20.3 Å². The number of carbonyl (C=O) groups excluding carboxylic acids is 1. The van der Waals surface area contributed by atoms with Gasteiger partial charge in [-0.1, -0.05) is 31.1 Å². The van der Waals surface area contributed by atoms with E-state index >= 15 is 0 Å². The van der Waals surface area contributed by atoms with Gasteiger partial charge < -0.3 is 14.9 Å². The van der Waals surface area contributed by atoms with Crippen molar-refractivity contribution in [2.75, 3.05) is 6.54 Å². The summed E-state index contributed by atoms with van der Waals surface area (Å²) in [4.78, 5) is 23.0. The normalized spacial score (nSPS) is 12.5. The summed E-state index contributed by atoms with van der Waals surface area (Å²) in [6.07, 6.45) is 0.0709. The number of hydrogen-bond donors (Lipinski definition) is 2. The predicted octanol–water partition coefficient (Wildman–Crippen LogP) is 1.84. The van der Waals surface area contributed by atoms with Crippen molar-refractivity contribution >= 4 is 22.8 Å². The van der Waals surface area contributed by atoms with Crippen molar-refractivity contribution in [1.29, 1.82) is 0 Å². The average Bonchev–Trinajstić information content (AvgIpc) is 2.81. The third kappa shape index (κ3) is 3.59. The van der Waals surface area contributed by atoms with Gasteiger partial charge in [-0.15, -0.1) is 0 Å². The van der Waals surface area contributed by atoms with Crippen molar-refractivity contribution in [1.82, 2.24) is 10.5 Å².